The van der Waals surface area contributed by atoms with Gasteiger partial charge in [0, 0.05) is 18.7 Å². The number of rotatable bonds is 8. The number of hydrogen-bond acceptors (Lipinski definition) is 4. The van der Waals surface area contributed by atoms with Crippen molar-refractivity contribution in [1.82, 2.24) is 10.6 Å². The van der Waals surface area contributed by atoms with E-state index in [-0.39, 0.29) is 58.5 Å². The average Bonchev–Trinajstić information content (AvgIpc) is 3.43. The van der Waals surface area contributed by atoms with Crippen molar-refractivity contribution in [2.75, 3.05) is 6.54 Å². The Morgan fingerprint density at radius 2 is 1.62 bits per heavy atom. The second kappa shape index (κ2) is 12.3. The Bertz CT molecular complexity index is 1470. The molecule has 0 saturated heterocycles. The van der Waals surface area contributed by atoms with Crippen LogP contribution in [0.5, 0.6) is 0 Å². The minimum atomic E-state index is -0.953. The van der Waals surface area contributed by atoms with Gasteiger partial charge in [-0.15, -0.1) is 0 Å². The van der Waals surface area contributed by atoms with Crippen LogP contribution in [-0.4, -0.2) is 40.6 Å². The number of hydrogen-bond donors (Lipinski definition) is 4. The summed E-state index contributed by atoms with van der Waals surface area (Å²) in [6, 6.07) is 7.25. The molecule has 1 aromatic rings. The number of allylic oxidation sites excluding steroid dienone is 1. The molecule has 0 aliphatic heterocycles. The zero-order valence-electron chi connectivity index (χ0n) is 30.3. The van der Waals surface area contributed by atoms with Gasteiger partial charge in [0.05, 0.1) is 17.9 Å². The first-order valence-electron chi connectivity index (χ1n) is 18.7. The molecule has 0 radical (unpaired) electrons. The molecule has 10 atom stereocenters. The number of amides is 2. The highest BCUT2D eigenvalue weighted by molar-refractivity contribution is 5.94. The monoisotopic (exact) mass is 660 g/mol. The summed E-state index contributed by atoms with van der Waals surface area (Å²) in [5, 5.41) is 26.0. The number of aliphatic carboxylic acids is 1. The predicted molar refractivity (Wildman–Crippen MR) is 188 cm³/mol. The smallest absolute Gasteiger partial charge is 0.305 e. The summed E-state index contributed by atoms with van der Waals surface area (Å²) >= 11 is 0. The minimum absolute atomic E-state index is 0.0634. The molecule has 5 saturated carbocycles. The maximum atomic E-state index is 14.6. The molecule has 5 fully saturated rings. The van der Waals surface area contributed by atoms with Crippen LogP contribution in [0.25, 0.3) is 0 Å². The molecular weight excluding hydrogens is 600 g/mol. The Morgan fingerprint density at radius 1 is 0.875 bits per heavy atom. The van der Waals surface area contributed by atoms with Gasteiger partial charge in [-0.2, -0.15) is 0 Å². The van der Waals surface area contributed by atoms with Gasteiger partial charge in [-0.25, -0.2) is 0 Å². The predicted octanol–water partition coefficient (Wildman–Crippen LogP) is 7.53. The first-order chi connectivity index (χ1) is 22.5. The molecule has 0 heterocycles. The number of carbonyl (C=O) groups is 3. The molecule has 2 amide bonds. The molecule has 0 aromatic heterocycles. The van der Waals surface area contributed by atoms with Crippen molar-refractivity contribution in [3.8, 4) is 0 Å². The quantitative estimate of drug-likeness (QED) is 0.215. The standard InChI is InChI=1S/C41H60N2O5/c1-25(2)28-13-19-41(36(48)43-24-26-9-8-10-27(23-26)35(47)42-22-16-33(45)46)21-20-39(6)29(34(28)41)11-12-31-38(5)17-15-32(44)37(3,4)30(38)14-18-40(31,39)7/h8-10,23,28-32,34,44H,1,11-22,24H2,2-7H3,(H,42,47)(H,43,48)(H,45,46)/t28-,29?,30?,31+,32-,34+,38-,39+,40+,41-/m0/s1. The molecule has 0 bridgehead atoms. The number of carboxylic acid groups (broad SMARTS) is 1. The highest BCUT2D eigenvalue weighted by Gasteiger charge is 2.71. The number of fused-ring (bicyclic) bond motifs is 7. The zero-order valence-corrected chi connectivity index (χ0v) is 30.3. The summed E-state index contributed by atoms with van der Waals surface area (Å²) in [6.45, 7) is 19.5. The van der Waals surface area contributed by atoms with E-state index in [4.69, 9.17) is 5.11 Å². The van der Waals surface area contributed by atoms with E-state index in [0.29, 0.717) is 35.8 Å². The van der Waals surface area contributed by atoms with Gasteiger partial charge in [0.25, 0.3) is 5.91 Å². The zero-order chi connectivity index (χ0) is 34.9. The molecule has 48 heavy (non-hydrogen) atoms. The van der Waals surface area contributed by atoms with E-state index in [0.717, 1.165) is 50.5 Å². The maximum absolute atomic E-state index is 14.6. The number of aliphatic hydroxyl groups excluding tert-OH is 1. The number of nitrogens with one attached hydrogen (secondary N) is 2. The van der Waals surface area contributed by atoms with Crippen molar-refractivity contribution in [3.63, 3.8) is 0 Å². The van der Waals surface area contributed by atoms with E-state index >= 15 is 0 Å². The van der Waals surface area contributed by atoms with Gasteiger partial charge >= 0.3 is 5.97 Å². The fourth-order valence-electron chi connectivity index (χ4n) is 13.1. The lowest BCUT2D eigenvalue weighted by molar-refractivity contribution is -0.246. The summed E-state index contributed by atoms with van der Waals surface area (Å²) in [6.07, 6.45) is 10.3. The van der Waals surface area contributed by atoms with Crippen LogP contribution in [0, 0.1) is 56.7 Å². The highest BCUT2D eigenvalue weighted by atomic mass is 16.4. The fraction of sp³-hybridized carbons (Fsp3) is 0.732. The van der Waals surface area contributed by atoms with Crippen LogP contribution in [0.4, 0.5) is 0 Å². The highest BCUT2D eigenvalue weighted by Crippen LogP contribution is 2.77. The van der Waals surface area contributed by atoms with Gasteiger partial charge in [-0.3, -0.25) is 14.4 Å². The van der Waals surface area contributed by atoms with Crippen molar-refractivity contribution in [2.24, 2.45) is 56.7 Å². The van der Waals surface area contributed by atoms with E-state index in [1.165, 1.54) is 24.8 Å². The number of carboxylic acids is 1. The van der Waals surface area contributed by atoms with Crippen LogP contribution >= 0.6 is 0 Å². The summed E-state index contributed by atoms with van der Waals surface area (Å²) in [7, 11) is 0. The molecule has 2 unspecified atom stereocenters. The Labute approximate surface area is 288 Å². The Kier molecular flexibility index (Phi) is 9.00. The molecule has 264 valence electrons. The van der Waals surface area contributed by atoms with Gasteiger partial charge in [-0.1, -0.05) is 58.9 Å². The van der Waals surface area contributed by atoms with E-state index in [1.54, 1.807) is 12.1 Å². The van der Waals surface area contributed by atoms with E-state index in [9.17, 15) is 19.5 Å². The van der Waals surface area contributed by atoms with Crippen molar-refractivity contribution >= 4 is 17.8 Å². The van der Waals surface area contributed by atoms with Crippen molar-refractivity contribution in [2.45, 2.75) is 125 Å². The SMILES string of the molecule is C=C(C)[C@@H]1CC[C@]2(C(=O)NCc3cccc(C(=O)NCCC(=O)O)c3)CC[C@]3(C)C(CC[C@@H]4[C@@]5(C)CC[C@H](O)C(C)(C)C5CC[C@]43C)[C@@H]12. The van der Waals surface area contributed by atoms with Gasteiger partial charge in [-0.05, 0) is 140 Å². The lowest BCUT2D eigenvalue weighted by Crippen LogP contribution is -2.67. The second-order valence-corrected chi connectivity index (χ2v) is 18.0. The van der Waals surface area contributed by atoms with Crippen LogP contribution < -0.4 is 10.6 Å². The minimum Gasteiger partial charge on any atom is -0.481 e. The van der Waals surface area contributed by atoms with Gasteiger partial charge in [0.15, 0.2) is 0 Å². The van der Waals surface area contributed by atoms with Gasteiger partial charge in [0.2, 0.25) is 5.91 Å². The molecule has 6 rings (SSSR count). The molecule has 5 aliphatic carbocycles. The summed E-state index contributed by atoms with van der Waals surface area (Å²) in [4.78, 5) is 38.0. The van der Waals surface area contributed by atoms with Gasteiger partial charge in [0.1, 0.15) is 0 Å². The number of aliphatic hydroxyl groups is 1. The molecule has 0 spiro atoms. The second-order valence-electron chi connectivity index (χ2n) is 18.0. The topological polar surface area (TPSA) is 116 Å². The van der Waals surface area contributed by atoms with Crippen LogP contribution in [0.2, 0.25) is 0 Å². The van der Waals surface area contributed by atoms with Crippen LogP contribution in [-0.2, 0) is 16.1 Å². The van der Waals surface area contributed by atoms with E-state index < -0.39 is 11.4 Å². The Morgan fingerprint density at radius 3 is 2.33 bits per heavy atom. The fourth-order valence-corrected chi connectivity index (χ4v) is 13.1. The normalized spacial score (nSPS) is 41.1. The first kappa shape index (κ1) is 35.2. The van der Waals surface area contributed by atoms with Crippen molar-refractivity contribution in [1.29, 1.82) is 0 Å². The summed E-state index contributed by atoms with van der Waals surface area (Å²) in [5.74, 6) is 1.12. The summed E-state index contributed by atoms with van der Waals surface area (Å²) in [5.41, 5.74) is 2.61. The van der Waals surface area contributed by atoms with Crippen molar-refractivity contribution in [3.05, 3.63) is 47.5 Å². The van der Waals surface area contributed by atoms with Crippen LogP contribution in [0.15, 0.2) is 36.4 Å². The molecule has 7 heteroatoms. The third-order valence-electron chi connectivity index (χ3n) is 15.8. The van der Waals surface area contributed by atoms with Crippen LogP contribution in [0.3, 0.4) is 0 Å². The van der Waals surface area contributed by atoms with Crippen LogP contribution in [0.1, 0.15) is 128 Å². The van der Waals surface area contributed by atoms with Crippen molar-refractivity contribution < 1.29 is 24.6 Å². The lowest BCUT2D eigenvalue weighted by atomic mass is 9.32. The molecular formula is C41H60N2O5. The molecule has 7 nitrogen and oxygen atoms in total. The van der Waals surface area contributed by atoms with Gasteiger partial charge < -0.3 is 20.8 Å². The number of carbonyl (C=O) groups excluding carboxylic acids is 2. The average molecular weight is 661 g/mol. The Hall–Kier alpha value is -2.67. The molecule has 5 aliphatic rings. The third kappa shape index (κ3) is 5.27. The van der Waals surface area contributed by atoms with E-state index in [1.807, 2.05) is 12.1 Å². The third-order valence-corrected chi connectivity index (χ3v) is 15.8. The first-order valence-corrected chi connectivity index (χ1v) is 18.7. The van der Waals surface area contributed by atoms with E-state index in [2.05, 4.69) is 58.8 Å². The molecule has 4 N–H and O–H groups in total. The number of benzene rings is 1. The maximum Gasteiger partial charge on any atom is 0.305 e. The Balaban J connectivity index is 1.24. The summed E-state index contributed by atoms with van der Waals surface area (Å²) < 4.78 is 0. The largest absolute Gasteiger partial charge is 0.481 e. The lowest BCUT2D eigenvalue weighted by Gasteiger charge is -2.72. The molecule has 1 aromatic carbocycles.